The summed E-state index contributed by atoms with van der Waals surface area (Å²) >= 11 is 5.71. The molecule has 27 heavy (non-hydrogen) atoms. The topological polar surface area (TPSA) is 58.2 Å². The summed E-state index contributed by atoms with van der Waals surface area (Å²) in [5.74, 6) is -1.73. The van der Waals surface area contributed by atoms with Crippen LogP contribution >= 0.6 is 11.6 Å². The van der Waals surface area contributed by atoms with Gasteiger partial charge in [-0.25, -0.2) is 4.39 Å². The molecule has 3 aromatic rings. The number of carbonyl (C=O) groups excluding carboxylic acids is 2. The second kappa shape index (κ2) is 8.47. The number of nitrogens with one attached hydrogen (secondary N) is 2. The monoisotopic (exact) mass is 382 g/mol. The predicted molar refractivity (Wildman–Crippen MR) is 103 cm³/mol. The molecule has 0 heterocycles. The van der Waals surface area contributed by atoms with Crippen LogP contribution in [0.3, 0.4) is 0 Å². The smallest absolute Gasteiger partial charge is 0.258 e. The quantitative estimate of drug-likeness (QED) is 0.674. The third-order valence-electron chi connectivity index (χ3n) is 3.89. The Morgan fingerprint density at radius 2 is 1.56 bits per heavy atom. The van der Waals surface area contributed by atoms with Crippen molar-refractivity contribution in [1.82, 2.24) is 5.32 Å². The zero-order valence-electron chi connectivity index (χ0n) is 14.2. The predicted octanol–water partition coefficient (Wildman–Crippen LogP) is 4.66. The molecule has 0 saturated heterocycles. The van der Waals surface area contributed by atoms with E-state index in [1.807, 2.05) is 30.3 Å². The van der Waals surface area contributed by atoms with E-state index in [2.05, 4.69) is 10.6 Å². The molecular formula is C21H16ClFN2O2. The Balaban J connectivity index is 1.75. The highest BCUT2D eigenvalue weighted by Crippen LogP contribution is 2.19. The maximum Gasteiger partial charge on any atom is 0.258 e. The largest absolute Gasteiger partial charge is 0.348 e. The molecule has 136 valence electrons. The minimum atomic E-state index is -0.731. The molecule has 0 spiro atoms. The van der Waals surface area contributed by atoms with Crippen LogP contribution in [0.1, 0.15) is 26.3 Å². The van der Waals surface area contributed by atoms with Gasteiger partial charge in [-0.3, -0.25) is 9.59 Å². The molecule has 6 heteroatoms. The molecule has 0 atom stereocenters. The Hall–Kier alpha value is -3.18. The minimum Gasteiger partial charge on any atom is -0.348 e. The van der Waals surface area contributed by atoms with Crippen LogP contribution in [0, 0.1) is 5.82 Å². The van der Waals surface area contributed by atoms with Gasteiger partial charge in [-0.05, 0) is 35.9 Å². The van der Waals surface area contributed by atoms with Crippen molar-refractivity contribution in [2.75, 3.05) is 5.32 Å². The van der Waals surface area contributed by atoms with Crippen molar-refractivity contribution >= 4 is 29.1 Å². The fourth-order valence-electron chi connectivity index (χ4n) is 2.53. The van der Waals surface area contributed by atoms with Crippen LogP contribution in [0.15, 0.2) is 72.8 Å². The van der Waals surface area contributed by atoms with Crippen molar-refractivity contribution in [2.24, 2.45) is 0 Å². The maximum absolute atomic E-state index is 13.9. The number of anilines is 1. The van der Waals surface area contributed by atoms with Crippen LogP contribution in [-0.4, -0.2) is 11.8 Å². The second-order valence-electron chi connectivity index (χ2n) is 5.79. The van der Waals surface area contributed by atoms with Crippen molar-refractivity contribution in [3.8, 4) is 0 Å². The first-order valence-electron chi connectivity index (χ1n) is 8.22. The van der Waals surface area contributed by atoms with Crippen LogP contribution < -0.4 is 10.6 Å². The summed E-state index contributed by atoms with van der Waals surface area (Å²) in [6.07, 6.45) is 0. The fraction of sp³-hybridized carbons (Fsp3) is 0.0476. The van der Waals surface area contributed by atoms with Gasteiger partial charge in [0.1, 0.15) is 5.82 Å². The summed E-state index contributed by atoms with van der Waals surface area (Å²) in [5.41, 5.74) is 1.38. The Morgan fingerprint density at radius 3 is 2.30 bits per heavy atom. The molecule has 0 aliphatic rings. The van der Waals surface area contributed by atoms with Gasteiger partial charge < -0.3 is 10.6 Å². The number of amides is 2. The van der Waals surface area contributed by atoms with Gasteiger partial charge in [0.25, 0.3) is 11.8 Å². The number of para-hydroxylation sites is 1. The molecule has 0 aliphatic carbocycles. The molecule has 2 amide bonds. The minimum absolute atomic E-state index is 0.154. The van der Waals surface area contributed by atoms with E-state index in [0.717, 1.165) is 11.6 Å². The first-order valence-corrected chi connectivity index (χ1v) is 8.60. The van der Waals surface area contributed by atoms with Crippen LogP contribution in [0.2, 0.25) is 5.02 Å². The first-order chi connectivity index (χ1) is 13.0. The summed E-state index contributed by atoms with van der Waals surface area (Å²) in [6, 6.07) is 19.8. The molecule has 0 radical (unpaired) electrons. The molecule has 0 unspecified atom stereocenters. The summed E-state index contributed by atoms with van der Waals surface area (Å²) in [6.45, 7) is 0.355. The Bertz CT molecular complexity index is 977. The Labute approximate surface area is 161 Å². The molecular weight excluding hydrogens is 367 g/mol. The molecule has 3 rings (SSSR count). The zero-order valence-corrected chi connectivity index (χ0v) is 15.0. The number of carbonyl (C=O) groups is 2. The third-order valence-corrected chi connectivity index (χ3v) is 4.13. The second-order valence-corrected chi connectivity index (χ2v) is 6.23. The first kappa shape index (κ1) is 18.6. The summed E-state index contributed by atoms with van der Waals surface area (Å²) in [5, 5.41) is 5.59. The van der Waals surface area contributed by atoms with Crippen molar-refractivity contribution in [1.29, 1.82) is 0 Å². The number of benzene rings is 3. The third kappa shape index (κ3) is 4.71. The van der Waals surface area contributed by atoms with Gasteiger partial charge in [-0.15, -0.1) is 0 Å². The van der Waals surface area contributed by atoms with Gasteiger partial charge in [0.15, 0.2) is 0 Å². The van der Waals surface area contributed by atoms with E-state index in [0.29, 0.717) is 12.2 Å². The van der Waals surface area contributed by atoms with Gasteiger partial charge in [-0.1, -0.05) is 54.1 Å². The number of rotatable bonds is 5. The molecule has 4 nitrogen and oxygen atoms in total. The van der Waals surface area contributed by atoms with Gasteiger partial charge >= 0.3 is 0 Å². The van der Waals surface area contributed by atoms with Gasteiger partial charge in [-0.2, -0.15) is 0 Å². The average molecular weight is 383 g/mol. The molecule has 0 fully saturated rings. The van der Waals surface area contributed by atoms with Gasteiger partial charge in [0.05, 0.1) is 16.8 Å². The lowest BCUT2D eigenvalue weighted by molar-refractivity contribution is 0.0952. The Morgan fingerprint density at radius 1 is 0.852 bits per heavy atom. The fourth-order valence-corrected chi connectivity index (χ4v) is 2.69. The van der Waals surface area contributed by atoms with Gasteiger partial charge in [0.2, 0.25) is 0 Å². The highest BCUT2D eigenvalue weighted by Gasteiger charge is 2.16. The van der Waals surface area contributed by atoms with Gasteiger partial charge in [0, 0.05) is 11.6 Å². The summed E-state index contributed by atoms with van der Waals surface area (Å²) in [7, 11) is 0. The van der Waals surface area contributed by atoms with E-state index in [1.54, 1.807) is 24.3 Å². The van der Waals surface area contributed by atoms with Crippen LogP contribution in [0.4, 0.5) is 10.1 Å². The molecule has 0 aliphatic heterocycles. The highest BCUT2D eigenvalue weighted by atomic mass is 35.5. The summed E-state index contributed by atoms with van der Waals surface area (Å²) in [4.78, 5) is 24.9. The number of halogens is 2. The normalized spacial score (nSPS) is 10.3. The Kier molecular flexibility index (Phi) is 5.84. The van der Waals surface area contributed by atoms with E-state index < -0.39 is 11.7 Å². The lowest BCUT2D eigenvalue weighted by atomic mass is 10.1. The van der Waals surface area contributed by atoms with Crippen LogP contribution in [0.5, 0.6) is 0 Å². The number of hydrogen-bond donors (Lipinski definition) is 2. The van der Waals surface area contributed by atoms with E-state index in [4.69, 9.17) is 11.6 Å². The van der Waals surface area contributed by atoms with Crippen LogP contribution in [-0.2, 0) is 6.54 Å². The van der Waals surface area contributed by atoms with E-state index >= 15 is 0 Å². The molecule has 0 saturated carbocycles. The van der Waals surface area contributed by atoms with E-state index in [-0.39, 0.29) is 22.1 Å². The molecule has 2 N–H and O–H groups in total. The van der Waals surface area contributed by atoms with Crippen molar-refractivity contribution in [2.45, 2.75) is 6.54 Å². The van der Waals surface area contributed by atoms with Crippen LogP contribution in [0.25, 0.3) is 0 Å². The standard InChI is InChI=1S/C21H16ClFN2O2/c22-15-10-11-16(18(23)12-15)21(27)25-19-9-5-4-8-17(19)20(26)24-13-14-6-2-1-3-7-14/h1-12H,13H2,(H,24,26)(H,25,27). The highest BCUT2D eigenvalue weighted by molar-refractivity contribution is 6.30. The van der Waals surface area contributed by atoms with E-state index in [9.17, 15) is 14.0 Å². The lowest BCUT2D eigenvalue weighted by Crippen LogP contribution is -2.25. The average Bonchev–Trinajstić information content (AvgIpc) is 2.67. The van der Waals surface area contributed by atoms with Crippen molar-refractivity contribution < 1.29 is 14.0 Å². The summed E-state index contributed by atoms with van der Waals surface area (Å²) < 4.78 is 13.9. The van der Waals surface area contributed by atoms with E-state index in [1.165, 1.54) is 12.1 Å². The van der Waals surface area contributed by atoms with Crippen molar-refractivity contribution in [3.63, 3.8) is 0 Å². The molecule has 3 aromatic carbocycles. The maximum atomic E-state index is 13.9. The number of hydrogen-bond acceptors (Lipinski definition) is 2. The SMILES string of the molecule is O=C(Nc1ccccc1C(=O)NCc1ccccc1)c1ccc(Cl)cc1F. The zero-order chi connectivity index (χ0) is 19.2. The lowest BCUT2D eigenvalue weighted by Gasteiger charge is -2.12. The molecule has 0 bridgehead atoms. The van der Waals surface area contributed by atoms with Crippen molar-refractivity contribution in [3.05, 3.63) is 100 Å². The molecule has 0 aromatic heterocycles.